The van der Waals surface area contributed by atoms with Crippen LogP contribution in [0.15, 0.2) is 73.1 Å². The summed E-state index contributed by atoms with van der Waals surface area (Å²) in [4.78, 5) is 18.7. The van der Waals surface area contributed by atoms with Gasteiger partial charge in [0.15, 0.2) is 0 Å². The Kier molecular flexibility index (Phi) is 5.73. The molecule has 0 radical (unpaired) electrons. The topological polar surface area (TPSA) is 47.4 Å². The largest absolute Gasteiger partial charge is 0.462 e. The van der Waals surface area contributed by atoms with Gasteiger partial charge >= 0.3 is 5.97 Å². The van der Waals surface area contributed by atoms with Gasteiger partial charge in [0.1, 0.15) is 0 Å². The van der Waals surface area contributed by atoms with Gasteiger partial charge in [-0.25, -0.2) is 4.79 Å². The maximum absolute atomic E-state index is 12.0. The molecule has 162 valence electrons. The molecular formula is C27H27N3O2. The van der Waals surface area contributed by atoms with Crippen LogP contribution in [-0.2, 0) is 30.8 Å². The molecule has 0 spiro atoms. The first-order chi connectivity index (χ1) is 15.7. The van der Waals surface area contributed by atoms with Crippen molar-refractivity contribution in [3.63, 3.8) is 0 Å². The summed E-state index contributed by atoms with van der Waals surface area (Å²) in [6.07, 6.45) is 4.80. The zero-order valence-corrected chi connectivity index (χ0v) is 18.3. The van der Waals surface area contributed by atoms with Crippen LogP contribution in [0.4, 0.5) is 0 Å². The van der Waals surface area contributed by atoms with Gasteiger partial charge < -0.3 is 9.30 Å². The summed E-state index contributed by atoms with van der Waals surface area (Å²) < 4.78 is 7.56. The molecule has 4 aromatic rings. The van der Waals surface area contributed by atoms with Gasteiger partial charge in [0.2, 0.25) is 0 Å². The van der Waals surface area contributed by atoms with Crippen LogP contribution in [0.25, 0.3) is 10.9 Å². The van der Waals surface area contributed by atoms with Crippen LogP contribution in [0.5, 0.6) is 0 Å². The number of aromatic nitrogens is 2. The Morgan fingerprint density at radius 2 is 1.84 bits per heavy atom. The number of para-hydroxylation sites is 1. The number of esters is 1. The molecule has 0 amide bonds. The van der Waals surface area contributed by atoms with Crippen molar-refractivity contribution in [2.75, 3.05) is 13.2 Å². The number of hydrogen-bond acceptors (Lipinski definition) is 4. The lowest BCUT2D eigenvalue weighted by molar-refractivity contribution is 0.0526. The van der Waals surface area contributed by atoms with Gasteiger partial charge in [0.25, 0.3) is 0 Å². The molecule has 0 fully saturated rings. The maximum atomic E-state index is 12.0. The van der Waals surface area contributed by atoms with E-state index in [-0.39, 0.29) is 5.97 Å². The van der Waals surface area contributed by atoms with E-state index in [1.54, 1.807) is 0 Å². The Labute approximate surface area is 188 Å². The summed E-state index contributed by atoms with van der Waals surface area (Å²) in [7, 11) is 0. The fraction of sp³-hybridized carbons (Fsp3) is 0.259. The van der Waals surface area contributed by atoms with Gasteiger partial charge in [0, 0.05) is 61.6 Å². The molecule has 0 atom stereocenters. The highest BCUT2D eigenvalue weighted by molar-refractivity contribution is 5.89. The molecule has 0 saturated heterocycles. The smallest absolute Gasteiger partial charge is 0.338 e. The van der Waals surface area contributed by atoms with Crippen molar-refractivity contribution >= 4 is 16.9 Å². The number of ether oxygens (including phenoxy) is 1. The monoisotopic (exact) mass is 425 g/mol. The molecule has 5 rings (SSSR count). The first kappa shape index (κ1) is 20.5. The van der Waals surface area contributed by atoms with E-state index in [9.17, 15) is 4.79 Å². The van der Waals surface area contributed by atoms with E-state index in [0.29, 0.717) is 12.2 Å². The summed E-state index contributed by atoms with van der Waals surface area (Å²) in [5.41, 5.74) is 7.15. The Bertz CT molecular complexity index is 1230. The second-order valence-corrected chi connectivity index (χ2v) is 8.27. The molecule has 0 N–H and O–H groups in total. The quantitative estimate of drug-likeness (QED) is 0.416. The van der Waals surface area contributed by atoms with Gasteiger partial charge in [-0.2, -0.15) is 0 Å². The molecule has 5 heteroatoms. The highest BCUT2D eigenvalue weighted by Gasteiger charge is 2.24. The van der Waals surface area contributed by atoms with Crippen LogP contribution in [-0.4, -0.2) is 33.6 Å². The first-order valence-electron chi connectivity index (χ1n) is 11.2. The standard InChI is InChI=1S/C27H27N3O2/c1-2-32-27(31)22-11-9-20(10-12-22)18-30-25-8-4-3-7-23(25)24-19-29(15-13-26(24)30)17-21-6-5-14-28-16-21/h3-12,14,16H,2,13,15,17-19H2,1H3. The van der Waals surface area contributed by atoms with E-state index < -0.39 is 0 Å². The van der Waals surface area contributed by atoms with Crippen LogP contribution in [0.2, 0.25) is 0 Å². The number of pyridine rings is 1. The number of nitrogens with zero attached hydrogens (tertiary/aromatic N) is 3. The van der Waals surface area contributed by atoms with Gasteiger partial charge in [-0.05, 0) is 47.9 Å². The van der Waals surface area contributed by atoms with Crippen LogP contribution in [0, 0.1) is 0 Å². The number of rotatable bonds is 6. The SMILES string of the molecule is CCOC(=O)c1ccc(Cn2c3c(c4ccccc42)CN(Cc2cccnc2)CC3)cc1. The van der Waals surface area contributed by atoms with E-state index in [1.807, 2.05) is 49.6 Å². The Hall–Kier alpha value is -3.44. The fourth-order valence-electron chi connectivity index (χ4n) is 4.67. The Balaban J connectivity index is 1.42. The average Bonchev–Trinajstić information content (AvgIpc) is 3.13. The minimum Gasteiger partial charge on any atom is -0.462 e. The molecule has 0 saturated carbocycles. The van der Waals surface area contributed by atoms with Crippen LogP contribution < -0.4 is 0 Å². The summed E-state index contributed by atoms with van der Waals surface area (Å²) in [5.74, 6) is -0.267. The van der Waals surface area contributed by atoms with Crippen molar-refractivity contribution in [2.45, 2.75) is 33.0 Å². The predicted molar refractivity (Wildman–Crippen MR) is 125 cm³/mol. The van der Waals surface area contributed by atoms with Gasteiger partial charge in [-0.1, -0.05) is 36.4 Å². The lowest BCUT2D eigenvalue weighted by atomic mass is 10.0. The van der Waals surface area contributed by atoms with Crippen molar-refractivity contribution in [2.24, 2.45) is 0 Å². The van der Waals surface area contributed by atoms with Gasteiger partial charge in [-0.3, -0.25) is 9.88 Å². The van der Waals surface area contributed by atoms with Crippen LogP contribution in [0.1, 0.15) is 39.7 Å². The summed E-state index contributed by atoms with van der Waals surface area (Å²) >= 11 is 0. The van der Waals surface area contributed by atoms with Crippen LogP contribution >= 0.6 is 0 Å². The van der Waals surface area contributed by atoms with E-state index in [2.05, 4.69) is 44.8 Å². The highest BCUT2D eigenvalue weighted by atomic mass is 16.5. The number of fused-ring (bicyclic) bond motifs is 3. The van der Waals surface area contributed by atoms with Gasteiger partial charge in [-0.15, -0.1) is 0 Å². The van der Waals surface area contributed by atoms with Crippen molar-refractivity contribution < 1.29 is 9.53 Å². The van der Waals surface area contributed by atoms with E-state index >= 15 is 0 Å². The molecule has 0 bridgehead atoms. The molecule has 0 aliphatic carbocycles. The zero-order chi connectivity index (χ0) is 21.9. The van der Waals surface area contributed by atoms with E-state index in [4.69, 9.17) is 4.74 Å². The van der Waals surface area contributed by atoms with E-state index in [1.165, 1.54) is 33.3 Å². The van der Waals surface area contributed by atoms with Crippen molar-refractivity contribution in [1.82, 2.24) is 14.5 Å². The van der Waals surface area contributed by atoms with Crippen molar-refractivity contribution in [1.29, 1.82) is 0 Å². The number of hydrogen-bond donors (Lipinski definition) is 0. The second-order valence-electron chi connectivity index (χ2n) is 8.27. The lowest BCUT2D eigenvalue weighted by Gasteiger charge is -2.28. The van der Waals surface area contributed by atoms with Crippen molar-refractivity contribution in [3.8, 4) is 0 Å². The third-order valence-corrected chi connectivity index (χ3v) is 6.18. The number of carbonyl (C=O) groups is 1. The fourth-order valence-corrected chi connectivity index (χ4v) is 4.67. The van der Waals surface area contributed by atoms with E-state index in [0.717, 1.165) is 32.6 Å². The van der Waals surface area contributed by atoms with Crippen molar-refractivity contribution in [3.05, 3.63) is 101 Å². The molecule has 0 unspecified atom stereocenters. The molecule has 2 aromatic heterocycles. The third-order valence-electron chi connectivity index (χ3n) is 6.18. The Morgan fingerprint density at radius 1 is 1.00 bits per heavy atom. The summed E-state index contributed by atoms with van der Waals surface area (Å²) in [5, 5.41) is 1.33. The molecule has 1 aliphatic heterocycles. The lowest BCUT2D eigenvalue weighted by Crippen LogP contribution is -2.30. The Morgan fingerprint density at radius 3 is 2.62 bits per heavy atom. The third kappa shape index (κ3) is 4.04. The zero-order valence-electron chi connectivity index (χ0n) is 18.3. The molecule has 2 aromatic carbocycles. The number of benzene rings is 2. The van der Waals surface area contributed by atoms with Crippen LogP contribution in [0.3, 0.4) is 0 Å². The first-order valence-corrected chi connectivity index (χ1v) is 11.2. The normalized spacial score (nSPS) is 13.8. The molecule has 5 nitrogen and oxygen atoms in total. The minimum atomic E-state index is -0.267. The summed E-state index contributed by atoms with van der Waals surface area (Å²) in [6, 6.07) is 20.6. The summed E-state index contributed by atoms with van der Waals surface area (Å²) in [6.45, 7) is 5.90. The van der Waals surface area contributed by atoms with Gasteiger partial charge in [0.05, 0.1) is 12.2 Å². The molecular weight excluding hydrogens is 398 g/mol. The maximum Gasteiger partial charge on any atom is 0.338 e. The second kappa shape index (κ2) is 8.97. The minimum absolute atomic E-state index is 0.267. The highest BCUT2D eigenvalue weighted by Crippen LogP contribution is 2.32. The molecule has 1 aliphatic rings. The molecule has 3 heterocycles. The molecule has 32 heavy (non-hydrogen) atoms. The average molecular weight is 426 g/mol. The predicted octanol–water partition coefficient (Wildman–Crippen LogP) is 4.82. The number of carbonyl (C=O) groups excluding carboxylic acids is 1.